The predicted molar refractivity (Wildman–Crippen MR) is 86.0 cm³/mol. The fourth-order valence-electron chi connectivity index (χ4n) is 3.29. The van der Waals surface area contributed by atoms with Crippen molar-refractivity contribution in [3.8, 4) is 0 Å². The van der Waals surface area contributed by atoms with Crippen LogP contribution in [0.3, 0.4) is 0 Å². The molecule has 3 rings (SSSR count). The van der Waals surface area contributed by atoms with Gasteiger partial charge in [0, 0.05) is 24.8 Å². The van der Waals surface area contributed by atoms with Gasteiger partial charge in [0.2, 0.25) is 0 Å². The summed E-state index contributed by atoms with van der Waals surface area (Å²) < 4.78 is 0. The number of carbonyl (C=O) groups excluding carboxylic acids is 1. The first kappa shape index (κ1) is 14.4. The Morgan fingerprint density at radius 2 is 1.95 bits per heavy atom. The molecule has 4 nitrogen and oxygen atoms in total. The minimum atomic E-state index is 0.0903. The first-order valence-corrected chi connectivity index (χ1v) is 8.11. The SMILES string of the molecule is Cc1ccc(N2CCCC2)c(C(=O)NC2CCNCC2)c1. The van der Waals surface area contributed by atoms with Crippen LogP contribution in [0.2, 0.25) is 0 Å². The molecule has 0 unspecified atom stereocenters. The zero-order chi connectivity index (χ0) is 14.7. The average Bonchev–Trinajstić information content (AvgIpc) is 3.02. The Kier molecular flexibility index (Phi) is 4.44. The Hall–Kier alpha value is -1.55. The molecule has 1 aromatic carbocycles. The maximum Gasteiger partial charge on any atom is 0.253 e. The van der Waals surface area contributed by atoms with E-state index in [0.29, 0.717) is 6.04 Å². The van der Waals surface area contributed by atoms with Crippen LogP contribution in [-0.2, 0) is 0 Å². The van der Waals surface area contributed by atoms with Gasteiger partial charge in [0.05, 0.1) is 5.56 Å². The summed E-state index contributed by atoms with van der Waals surface area (Å²) in [5.74, 6) is 0.0903. The van der Waals surface area contributed by atoms with Gasteiger partial charge in [-0.2, -0.15) is 0 Å². The third kappa shape index (κ3) is 3.38. The van der Waals surface area contributed by atoms with Crippen LogP contribution in [0.15, 0.2) is 18.2 Å². The van der Waals surface area contributed by atoms with Gasteiger partial charge < -0.3 is 15.5 Å². The van der Waals surface area contributed by atoms with E-state index in [-0.39, 0.29) is 5.91 Å². The van der Waals surface area contributed by atoms with Crippen molar-refractivity contribution in [2.45, 2.75) is 38.6 Å². The molecule has 2 aliphatic rings. The summed E-state index contributed by atoms with van der Waals surface area (Å²) in [5.41, 5.74) is 3.09. The number of hydrogen-bond acceptors (Lipinski definition) is 3. The first-order chi connectivity index (χ1) is 10.2. The molecule has 0 aromatic heterocycles. The van der Waals surface area contributed by atoms with Crippen molar-refractivity contribution in [3.63, 3.8) is 0 Å². The highest BCUT2D eigenvalue weighted by Gasteiger charge is 2.22. The van der Waals surface area contributed by atoms with Crippen molar-refractivity contribution in [1.82, 2.24) is 10.6 Å². The highest BCUT2D eigenvalue weighted by molar-refractivity contribution is 6.00. The maximum absolute atomic E-state index is 12.7. The maximum atomic E-state index is 12.7. The standard InChI is InChI=1S/C17H25N3O/c1-13-4-5-16(20-10-2-3-11-20)15(12-13)17(21)19-14-6-8-18-9-7-14/h4-5,12,14,18H,2-3,6-11H2,1H3,(H,19,21). The smallest absolute Gasteiger partial charge is 0.253 e. The van der Waals surface area contributed by atoms with Gasteiger partial charge >= 0.3 is 0 Å². The fraction of sp³-hybridized carbons (Fsp3) is 0.588. The van der Waals surface area contributed by atoms with Crippen molar-refractivity contribution in [3.05, 3.63) is 29.3 Å². The summed E-state index contributed by atoms with van der Waals surface area (Å²) in [6.45, 7) is 6.18. The Morgan fingerprint density at radius 3 is 2.67 bits per heavy atom. The van der Waals surface area contributed by atoms with Gasteiger partial charge in [0.1, 0.15) is 0 Å². The number of carbonyl (C=O) groups is 1. The molecule has 0 atom stereocenters. The number of nitrogens with zero attached hydrogens (tertiary/aromatic N) is 1. The zero-order valence-corrected chi connectivity index (χ0v) is 12.8. The molecule has 2 saturated heterocycles. The second kappa shape index (κ2) is 6.48. The molecular formula is C17H25N3O. The van der Waals surface area contributed by atoms with Crippen LogP contribution < -0.4 is 15.5 Å². The molecule has 21 heavy (non-hydrogen) atoms. The van der Waals surface area contributed by atoms with E-state index in [2.05, 4.69) is 34.6 Å². The third-order valence-electron chi connectivity index (χ3n) is 4.52. The molecule has 0 radical (unpaired) electrons. The van der Waals surface area contributed by atoms with Crippen LogP contribution in [0, 0.1) is 6.92 Å². The summed E-state index contributed by atoms with van der Waals surface area (Å²) in [6, 6.07) is 6.56. The highest BCUT2D eigenvalue weighted by Crippen LogP contribution is 2.26. The van der Waals surface area contributed by atoms with Crippen molar-refractivity contribution in [2.75, 3.05) is 31.1 Å². The second-order valence-electron chi connectivity index (χ2n) is 6.21. The largest absolute Gasteiger partial charge is 0.371 e. The van der Waals surface area contributed by atoms with E-state index in [1.807, 2.05) is 6.07 Å². The lowest BCUT2D eigenvalue weighted by atomic mass is 10.0. The lowest BCUT2D eigenvalue weighted by molar-refractivity contribution is 0.0930. The van der Waals surface area contributed by atoms with Crippen LogP contribution >= 0.6 is 0 Å². The summed E-state index contributed by atoms with van der Waals surface area (Å²) in [7, 11) is 0. The second-order valence-corrected chi connectivity index (χ2v) is 6.21. The molecule has 2 heterocycles. The molecule has 0 saturated carbocycles. The van der Waals surface area contributed by atoms with Crippen molar-refractivity contribution in [2.24, 2.45) is 0 Å². The number of aryl methyl sites for hydroxylation is 1. The van der Waals surface area contributed by atoms with Gasteiger partial charge in [-0.15, -0.1) is 0 Å². The van der Waals surface area contributed by atoms with E-state index in [4.69, 9.17) is 0 Å². The Labute approximate surface area is 126 Å². The van der Waals surface area contributed by atoms with Gasteiger partial charge in [0.25, 0.3) is 5.91 Å². The van der Waals surface area contributed by atoms with E-state index in [0.717, 1.165) is 55.8 Å². The van der Waals surface area contributed by atoms with E-state index in [1.54, 1.807) is 0 Å². The number of nitrogens with one attached hydrogen (secondary N) is 2. The monoisotopic (exact) mass is 287 g/mol. The normalized spacial score (nSPS) is 19.8. The third-order valence-corrected chi connectivity index (χ3v) is 4.52. The molecule has 0 spiro atoms. The molecule has 114 valence electrons. The fourth-order valence-corrected chi connectivity index (χ4v) is 3.29. The average molecular weight is 287 g/mol. The van der Waals surface area contributed by atoms with E-state index >= 15 is 0 Å². The molecular weight excluding hydrogens is 262 g/mol. The van der Waals surface area contributed by atoms with Crippen LogP contribution in [0.25, 0.3) is 0 Å². The van der Waals surface area contributed by atoms with Gasteiger partial charge in [0.15, 0.2) is 0 Å². The van der Waals surface area contributed by atoms with Crippen LogP contribution in [0.4, 0.5) is 5.69 Å². The molecule has 2 N–H and O–H groups in total. The van der Waals surface area contributed by atoms with E-state index in [9.17, 15) is 4.79 Å². The predicted octanol–water partition coefficient (Wildman–Crippen LogP) is 2.08. The lowest BCUT2D eigenvalue weighted by Crippen LogP contribution is -2.43. The minimum absolute atomic E-state index is 0.0903. The summed E-state index contributed by atoms with van der Waals surface area (Å²) >= 11 is 0. The number of hydrogen-bond donors (Lipinski definition) is 2. The van der Waals surface area contributed by atoms with Crippen molar-refractivity contribution in [1.29, 1.82) is 0 Å². The summed E-state index contributed by atoms with van der Waals surface area (Å²) in [6.07, 6.45) is 4.50. The summed E-state index contributed by atoms with van der Waals surface area (Å²) in [4.78, 5) is 15.0. The molecule has 1 aromatic rings. The molecule has 2 aliphatic heterocycles. The quantitative estimate of drug-likeness (QED) is 0.894. The van der Waals surface area contributed by atoms with Crippen LogP contribution in [-0.4, -0.2) is 38.1 Å². The molecule has 1 amide bonds. The number of rotatable bonds is 3. The Morgan fingerprint density at radius 1 is 1.24 bits per heavy atom. The lowest BCUT2D eigenvalue weighted by Gasteiger charge is -2.26. The molecule has 4 heteroatoms. The molecule has 2 fully saturated rings. The first-order valence-electron chi connectivity index (χ1n) is 8.11. The van der Waals surface area contributed by atoms with E-state index < -0.39 is 0 Å². The summed E-state index contributed by atoms with van der Waals surface area (Å²) in [5, 5.41) is 6.55. The highest BCUT2D eigenvalue weighted by atomic mass is 16.1. The van der Waals surface area contributed by atoms with Crippen LogP contribution in [0.1, 0.15) is 41.6 Å². The number of anilines is 1. The number of benzene rings is 1. The van der Waals surface area contributed by atoms with Crippen molar-refractivity contribution >= 4 is 11.6 Å². The minimum Gasteiger partial charge on any atom is -0.371 e. The Balaban J connectivity index is 1.78. The van der Waals surface area contributed by atoms with Gasteiger partial charge in [-0.1, -0.05) is 11.6 Å². The number of amides is 1. The zero-order valence-electron chi connectivity index (χ0n) is 12.8. The van der Waals surface area contributed by atoms with Crippen LogP contribution in [0.5, 0.6) is 0 Å². The van der Waals surface area contributed by atoms with Gasteiger partial charge in [-0.3, -0.25) is 4.79 Å². The number of piperidine rings is 1. The molecule has 0 bridgehead atoms. The van der Waals surface area contributed by atoms with Gasteiger partial charge in [-0.25, -0.2) is 0 Å². The topological polar surface area (TPSA) is 44.4 Å². The van der Waals surface area contributed by atoms with E-state index in [1.165, 1.54) is 12.8 Å². The van der Waals surface area contributed by atoms with Gasteiger partial charge in [-0.05, 0) is 57.8 Å². The molecule has 0 aliphatic carbocycles. The van der Waals surface area contributed by atoms with Crippen molar-refractivity contribution < 1.29 is 4.79 Å². The Bertz CT molecular complexity index is 503.